The maximum absolute atomic E-state index is 12.4. The summed E-state index contributed by atoms with van der Waals surface area (Å²) in [6, 6.07) is 2.91. The third-order valence-corrected chi connectivity index (χ3v) is 4.10. The number of aliphatic hydroxyl groups is 1. The predicted octanol–water partition coefficient (Wildman–Crippen LogP) is -1.39. The van der Waals surface area contributed by atoms with E-state index in [0.717, 1.165) is 0 Å². The van der Waals surface area contributed by atoms with Crippen molar-refractivity contribution in [2.24, 2.45) is 4.99 Å². The highest BCUT2D eigenvalue weighted by Crippen LogP contribution is 2.25. The Balaban J connectivity index is 1.61. The quantitative estimate of drug-likeness (QED) is 0.708. The topological polar surface area (TPSA) is 102 Å². The number of aliphatic hydroxyl groups excluding tert-OH is 1. The molecule has 0 saturated carbocycles. The fourth-order valence-electron chi connectivity index (χ4n) is 2.77. The van der Waals surface area contributed by atoms with Gasteiger partial charge in [0.1, 0.15) is 18.0 Å². The van der Waals surface area contributed by atoms with Crippen LogP contribution in [0.15, 0.2) is 27.8 Å². The van der Waals surface area contributed by atoms with E-state index in [9.17, 15) is 14.7 Å². The van der Waals surface area contributed by atoms with Gasteiger partial charge in [-0.2, -0.15) is 0 Å². The Bertz CT molecular complexity index is 617. The number of hydrogen-bond donors (Lipinski definition) is 2. The van der Waals surface area contributed by atoms with Gasteiger partial charge in [0.25, 0.3) is 5.91 Å². The van der Waals surface area contributed by atoms with Crippen molar-refractivity contribution in [3.05, 3.63) is 24.2 Å². The second kappa shape index (κ2) is 6.01. The number of furan rings is 1. The van der Waals surface area contributed by atoms with Crippen LogP contribution in [0.1, 0.15) is 5.76 Å². The lowest BCUT2D eigenvalue weighted by Gasteiger charge is -2.43. The molecule has 9 heteroatoms. The highest BCUT2D eigenvalue weighted by Gasteiger charge is 2.48. The van der Waals surface area contributed by atoms with Gasteiger partial charge in [-0.3, -0.25) is 14.6 Å². The van der Waals surface area contributed by atoms with Crippen LogP contribution in [0.4, 0.5) is 0 Å². The maximum Gasteiger partial charge on any atom is 0.251 e. The first-order chi connectivity index (χ1) is 11.0. The van der Waals surface area contributed by atoms with Gasteiger partial charge < -0.3 is 24.6 Å². The van der Waals surface area contributed by atoms with Crippen molar-refractivity contribution >= 4 is 18.2 Å². The smallest absolute Gasteiger partial charge is 0.251 e. The number of rotatable bonds is 4. The minimum absolute atomic E-state index is 0.00882. The molecule has 3 heterocycles. The third kappa shape index (κ3) is 2.80. The highest BCUT2D eigenvalue weighted by molar-refractivity contribution is 5.90. The number of carbonyl (C=O) groups is 2. The van der Waals surface area contributed by atoms with Crippen LogP contribution < -0.4 is 5.32 Å². The van der Waals surface area contributed by atoms with Crippen LogP contribution >= 0.6 is 0 Å². The van der Waals surface area contributed by atoms with E-state index in [1.165, 1.54) is 24.5 Å². The number of hydrogen-bond acceptors (Lipinski definition) is 7. The molecule has 2 N–H and O–H groups in total. The van der Waals surface area contributed by atoms with Crippen LogP contribution in [0.3, 0.4) is 0 Å². The molecular weight excluding hydrogens is 302 g/mol. The van der Waals surface area contributed by atoms with Gasteiger partial charge in [0, 0.05) is 7.05 Å². The second-order valence-corrected chi connectivity index (χ2v) is 5.61. The van der Waals surface area contributed by atoms with Crippen LogP contribution in [0, 0.1) is 0 Å². The summed E-state index contributed by atoms with van der Waals surface area (Å²) >= 11 is 0. The summed E-state index contributed by atoms with van der Waals surface area (Å²) in [4.78, 5) is 33.1. The molecule has 23 heavy (non-hydrogen) atoms. The number of likely N-dealkylation sites (N-methyl/N-ethyl adjacent to an activating group) is 2. The summed E-state index contributed by atoms with van der Waals surface area (Å²) in [5, 5.41) is 12.7. The van der Waals surface area contributed by atoms with Gasteiger partial charge in [0.15, 0.2) is 6.35 Å². The molecule has 1 aromatic rings. The number of nitrogens with one attached hydrogen (secondary N) is 1. The molecule has 124 valence electrons. The Morgan fingerprint density at radius 2 is 2.26 bits per heavy atom. The summed E-state index contributed by atoms with van der Waals surface area (Å²) in [6.07, 6.45) is 1.51. The molecular formula is C14H19N5O4. The summed E-state index contributed by atoms with van der Waals surface area (Å²) in [5.74, 6) is 0.150. The Morgan fingerprint density at radius 3 is 2.96 bits per heavy atom. The Kier molecular flexibility index (Phi) is 4.05. The first-order valence-electron chi connectivity index (χ1n) is 7.24. The molecule has 9 nitrogen and oxygen atoms in total. The fraction of sp³-hybridized carbons (Fsp3) is 0.500. The number of nitrogens with zero attached hydrogens (tertiary/aromatic N) is 4. The molecule has 1 saturated heterocycles. The van der Waals surface area contributed by atoms with E-state index in [1.807, 2.05) is 0 Å². The lowest BCUT2D eigenvalue weighted by atomic mass is 10.1. The zero-order chi connectivity index (χ0) is 16.6. The van der Waals surface area contributed by atoms with Crippen molar-refractivity contribution in [1.82, 2.24) is 20.0 Å². The normalized spacial score (nSPS) is 27.4. The van der Waals surface area contributed by atoms with Gasteiger partial charge in [-0.15, -0.1) is 0 Å². The molecule has 0 bridgehead atoms. The fourth-order valence-corrected chi connectivity index (χ4v) is 2.77. The number of fused-ring (bicyclic) bond motifs is 1. The standard InChI is InChI=1S/C14H19N5O4/c1-17-12-11(13(21)18(2)14(17)22)19(8-16-12)7-10(20)15-6-9-4-3-5-23-9/h3-5,8,11-12,14,22H,6-7H2,1-2H3,(H,15,20). The second-order valence-electron chi connectivity index (χ2n) is 5.61. The van der Waals surface area contributed by atoms with Crippen molar-refractivity contribution in [2.45, 2.75) is 25.1 Å². The highest BCUT2D eigenvalue weighted by atomic mass is 16.3. The van der Waals surface area contributed by atoms with Gasteiger partial charge in [-0.25, -0.2) is 4.90 Å². The molecule has 2 aliphatic heterocycles. The average molecular weight is 321 g/mol. The molecule has 0 radical (unpaired) electrons. The Morgan fingerprint density at radius 1 is 1.48 bits per heavy atom. The van der Waals surface area contributed by atoms with Crippen LogP contribution in [0.25, 0.3) is 0 Å². The Hall–Kier alpha value is -2.39. The minimum atomic E-state index is -1.02. The van der Waals surface area contributed by atoms with Crippen molar-refractivity contribution in [3.8, 4) is 0 Å². The maximum atomic E-state index is 12.4. The monoisotopic (exact) mass is 321 g/mol. The van der Waals surface area contributed by atoms with E-state index in [1.54, 1.807) is 29.0 Å². The Labute approximate surface area is 133 Å². The lowest BCUT2D eigenvalue weighted by molar-refractivity contribution is -0.178. The summed E-state index contributed by atoms with van der Waals surface area (Å²) in [7, 11) is 3.20. The van der Waals surface area contributed by atoms with Crippen LogP contribution in [0.5, 0.6) is 0 Å². The molecule has 3 unspecified atom stereocenters. The summed E-state index contributed by atoms with van der Waals surface area (Å²) in [5.41, 5.74) is 0. The number of amides is 2. The minimum Gasteiger partial charge on any atom is -0.467 e. The molecule has 1 aromatic heterocycles. The SMILES string of the molecule is CN1C(=O)C2C(N=CN2CC(=O)NCc2ccco2)N(C)C1O. The van der Waals surface area contributed by atoms with E-state index in [2.05, 4.69) is 10.3 Å². The van der Waals surface area contributed by atoms with E-state index in [-0.39, 0.29) is 24.9 Å². The molecule has 3 atom stereocenters. The molecule has 2 aliphatic rings. The lowest BCUT2D eigenvalue weighted by Crippen LogP contribution is -2.66. The molecule has 0 aromatic carbocycles. The van der Waals surface area contributed by atoms with Crippen molar-refractivity contribution < 1.29 is 19.1 Å². The number of aliphatic imine (C=N–C) groups is 1. The van der Waals surface area contributed by atoms with Gasteiger partial charge in [0.2, 0.25) is 5.91 Å². The van der Waals surface area contributed by atoms with Crippen molar-refractivity contribution in [2.75, 3.05) is 20.6 Å². The van der Waals surface area contributed by atoms with E-state index in [4.69, 9.17) is 4.42 Å². The molecule has 3 rings (SSSR count). The summed E-state index contributed by atoms with van der Waals surface area (Å²) < 4.78 is 5.15. The molecule has 0 spiro atoms. The van der Waals surface area contributed by atoms with E-state index in [0.29, 0.717) is 5.76 Å². The van der Waals surface area contributed by atoms with Gasteiger partial charge in [-0.05, 0) is 19.2 Å². The first-order valence-corrected chi connectivity index (χ1v) is 7.24. The van der Waals surface area contributed by atoms with Crippen molar-refractivity contribution in [1.29, 1.82) is 0 Å². The predicted molar refractivity (Wildman–Crippen MR) is 79.9 cm³/mol. The van der Waals surface area contributed by atoms with Gasteiger partial charge in [-0.1, -0.05) is 0 Å². The first kappa shape index (κ1) is 15.5. The summed E-state index contributed by atoms with van der Waals surface area (Å²) in [6.45, 7) is 0.298. The largest absolute Gasteiger partial charge is 0.467 e. The van der Waals surface area contributed by atoms with Crippen molar-refractivity contribution in [3.63, 3.8) is 0 Å². The van der Waals surface area contributed by atoms with Crippen LogP contribution in [0.2, 0.25) is 0 Å². The van der Waals surface area contributed by atoms with Crippen LogP contribution in [-0.4, -0.2) is 77.2 Å². The zero-order valence-corrected chi connectivity index (χ0v) is 12.9. The zero-order valence-electron chi connectivity index (χ0n) is 12.9. The van der Waals surface area contributed by atoms with Gasteiger partial charge in [0.05, 0.1) is 25.7 Å². The average Bonchev–Trinajstić information content (AvgIpc) is 3.18. The van der Waals surface area contributed by atoms with Gasteiger partial charge >= 0.3 is 0 Å². The van der Waals surface area contributed by atoms with E-state index >= 15 is 0 Å². The molecule has 1 fully saturated rings. The molecule has 2 amide bonds. The third-order valence-electron chi connectivity index (χ3n) is 4.10. The van der Waals surface area contributed by atoms with Crippen LogP contribution in [-0.2, 0) is 16.1 Å². The molecule has 0 aliphatic carbocycles. The van der Waals surface area contributed by atoms with E-state index < -0.39 is 18.6 Å². The number of carbonyl (C=O) groups excluding carboxylic acids is 2.